The number of nitrogens with one attached hydrogen (secondary N) is 3. The summed E-state index contributed by atoms with van der Waals surface area (Å²) in [5.74, 6) is 0.487. The van der Waals surface area contributed by atoms with Gasteiger partial charge in [0.25, 0.3) is 11.5 Å². The highest BCUT2D eigenvalue weighted by atomic mass is 16.2. The number of aromatic nitrogens is 5. The lowest BCUT2D eigenvalue weighted by Gasteiger charge is -2.27. The molecule has 0 spiro atoms. The van der Waals surface area contributed by atoms with E-state index in [1.54, 1.807) is 52.4 Å². The van der Waals surface area contributed by atoms with Crippen LogP contribution in [-0.2, 0) is 4.79 Å². The zero-order valence-electron chi connectivity index (χ0n) is 20.8. The van der Waals surface area contributed by atoms with Gasteiger partial charge in [-0.2, -0.15) is 10.2 Å². The molecule has 36 heavy (non-hydrogen) atoms. The standard InChI is InChI=1S/C26H33N7O3/c1-15(2)33-21(10-12-28-33)25(35)31-23(22(17-6-7-17)18-8-9-18)26(36)30-19-13-29-32(14-19)16(3)20-5-4-11-27-24(20)34/h4-5,10-18,22-23H,6-9H2,1-3H3,(H,27,34)(H,30,36)(H,31,35). The van der Waals surface area contributed by atoms with Crippen LogP contribution in [0.3, 0.4) is 0 Å². The molecule has 0 radical (unpaired) electrons. The summed E-state index contributed by atoms with van der Waals surface area (Å²) in [4.78, 5) is 41.7. The average Bonchev–Trinajstić information content (AvgIpc) is 3.77. The van der Waals surface area contributed by atoms with Gasteiger partial charge in [0.1, 0.15) is 11.7 Å². The Bertz CT molecular complexity index is 1290. The summed E-state index contributed by atoms with van der Waals surface area (Å²) in [7, 11) is 0. The molecule has 190 valence electrons. The van der Waals surface area contributed by atoms with Crippen molar-refractivity contribution in [1.29, 1.82) is 0 Å². The summed E-state index contributed by atoms with van der Waals surface area (Å²) in [6.07, 6.45) is 10.8. The Morgan fingerprint density at radius 3 is 2.44 bits per heavy atom. The Morgan fingerprint density at radius 2 is 1.81 bits per heavy atom. The molecule has 0 bridgehead atoms. The van der Waals surface area contributed by atoms with Crippen molar-refractivity contribution >= 4 is 17.5 Å². The minimum Gasteiger partial charge on any atom is -0.339 e. The third kappa shape index (κ3) is 4.98. The third-order valence-corrected chi connectivity index (χ3v) is 7.24. The van der Waals surface area contributed by atoms with E-state index in [4.69, 9.17) is 0 Å². The van der Waals surface area contributed by atoms with E-state index < -0.39 is 6.04 Å². The van der Waals surface area contributed by atoms with Gasteiger partial charge in [0.05, 0.1) is 17.9 Å². The van der Waals surface area contributed by atoms with Gasteiger partial charge in [-0.25, -0.2) is 0 Å². The maximum Gasteiger partial charge on any atom is 0.270 e. The molecule has 0 saturated heterocycles. The van der Waals surface area contributed by atoms with Gasteiger partial charge in [0, 0.05) is 30.2 Å². The van der Waals surface area contributed by atoms with Crippen LogP contribution in [0.2, 0.25) is 0 Å². The largest absolute Gasteiger partial charge is 0.339 e. The van der Waals surface area contributed by atoms with Crippen molar-refractivity contribution < 1.29 is 9.59 Å². The van der Waals surface area contributed by atoms with Gasteiger partial charge in [0.2, 0.25) is 5.91 Å². The smallest absolute Gasteiger partial charge is 0.270 e. The van der Waals surface area contributed by atoms with Crippen molar-refractivity contribution in [3.05, 3.63) is 64.6 Å². The van der Waals surface area contributed by atoms with Crippen LogP contribution in [-0.4, -0.2) is 42.4 Å². The minimum atomic E-state index is -0.647. The lowest BCUT2D eigenvalue weighted by atomic mass is 9.88. The fourth-order valence-electron chi connectivity index (χ4n) is 5.09. The monoisotopic (exact) mass is 491 g/mol. The molecule has 10 nitrogen and oxygen atoms in total. The molecule has 10 heteroatoms. The van der Waals surface area contributed by atoms with E-state index in [-0.39, 0.29) is 35.4 Å². The molecule has 2 aliphatic carbocycles. The van der Waals surface area contributed by atoms with Crippen LogP contribution in [0, 0.1) is 17.8 Å². The molecule has 3 heterocycles. The average molecular weight is 492 g/mol. The second-order valence-corrected chi connectivity index (χ2v) is 10.3. The Hall–Kier alpha value is -3.69. The zero-order valence-corrected chi connectivity index (χ0v) is 20.8. The second-order valence-electron chi connectivity index (χ2n) is 10.3. The Morgan fingerprint density at radius 1 is 1.08 bits per heavy atom. The van der Waals surface area contributed by atoms with E-state index in [1.807, 2.05) is 20.8 Å². The van der Waals surface area contributed by atoms with Crippen LogP contribution in [0.25, 0.3) is 0 Å². The summed E-state index contributed by atoms with van der Waals surface area (Å²) in [5.41, 5.74) is 1.37. The lowest BCUT2D eigenvalue weighted by Crippen LogP contribution is -2.50. The number of hydrogen-bond acceptors (Lipinski definition) is 5. The minimum absolute atomic E-state index is 0.0281. The van der Waals surface area contributed by atoms with Gasteiger partial charge in [-0.3, -0.25) is 23.7 Å². The molecule has 2 aliphatic rings. The molecule has 0 aromatic carbocycles. The molecular formula is C26H33N7O3. The predicted octanol–water partition coefficient (Wildman–Crippen LogP) is 3.13. The highest BCUT2D eigenvalue weighted by Crippen LogP contribution is 2.51. The molecule has 0 aliphatic heterocycles. The normalized spacial score (nSPS) is 17.2. The highest BCUT2D eigenvalue weighted by molar-refractivity contribution is 6.00. The van der Waals surface area contributed by atoms with Crippen LogP contribution < -0.4 is 16.2 Å². The second kappa shape index (κ2) is 9.75. The topological polar surface area (TPSA) is 127 Å². The van der Waals surface area contributed by atoms with Crippen molar-refractivity contribution in [3.8, 4) is 0 Å². The van der Waals surface area contributed by atoms with Crippen molar-refractivity contribution in [2.45, 2.75) is 64.6 Å². The van der Waals surface area contributed by atoms with E-state index in [1.165, 1.54) is 0 Å². The molecule has 2 atom stereocenters. The summed E-state index contributed by atoms with van der Waals surface area (Å²) in [6, 6.07) is 4.29. The predicted molar refractivity (Wildman–Crippen MR) is 135 cm³/mol. The molecule has 2 saturated carbocycles. The Labute approximate surface area is 209 Å². The first-order valence-electron chi connectivity index (χ1n) is 12.7. The van der Waals surface area contributed by atoms with Crippen LogP contribution in [0.5, 0.6) is 0 Å². The van der Waals surface area contributed by atoms with E-state index >= 15 is 0 Å². The van der Waals surface area contributed by atoms with Crippen molar-refractivity contribution in [3.63, 3.8) is 0 Å². The van der Waals surface area contributed by atoms with Crippen LogP contribution in [0.15, 0.2) is 47.8 Å². The summed E-state index contributed by atoms with van der Waals surface area (Å²) in [5, 5.41) is 14.7. The number of carbonyl (C=O) groups excluding carboxylic acids is 2. The molecule has 5 rings (SSSR count). The Kier molecular flexibility index (Phi) is 6.51. The van der Waals surface area contributed by atoms with Gasteiger partial charge in [-0.15, -0.1) is 0 Å². The first-order valence-corrected chi connectivity index (χ1v) is 12.7. The van der Waals surface area contributed by atoms with Crippen LogP contribution in [0.4, 0.5) is 5.69 Å². The quantitative estimate of drug-likeness (QED) is 0.402. The molecule has 3 N–H and O–H groups in total. The molecule has 3 aromatic rings. The van der Waals surface area contributed by atoms with E-state index in [0.717, 1.165) is 25.7 Å². The first kappa shape index (κ1) is 24.0. The van der Waals surface area contributed by atoms with E-state index in [2.05, 4.69) is 25.8 Å². The number of pyridine rings is 1. The summed E-state index contributed by atoms with van der Waals surface area (Å²) in [6.45, 7) is 5.81. The number of aromatic amines is 1. The van der Waals surface area contributed by atoms with Crippen molar-refractivity contribution in [2.75, 3.05) is 5.32 Å². The van der Waals surface area contributed by atoms with Crippen LogP contribution >= 0.6 is 0 Å². The maximum absolute atomic E-state index is 13.6. The van der Waals surface area contributed by atoms with E-state index in [9.17, 15) is 14.4 Å². The number of anilines is 1. The zero-order chi connectivity index (χ0) is 25.4. The first-order chi connectivity index (χ1) is 17.3. The third-order valence-electron chi connectivity index (χ3n) is 7.24. The maximum atomic E-state index is 13.6. The van der Waals surface area contributed by atoms with Gasteiger partial charge in [0.15, 0.2) is 0 Å². The number of carbonyl (C=O) groups is 2. The highest BCUT2D eigenvalue weighted by Gasteiger charge is 2.48. The molecule has 2 unspecified atom stereocenters. The van der Waals surface area contributed by atoms with Gasteiger partial charge in [-0.05, 0) is 82.4 Å². The summed E-state index contributed by atoms with van der Waals surface area (Å²) >= 11 is 0. The van der Waals surface area contributed by atoms with E-state index in [0.29, 0.717) is 28.8 Å². The molecule has 3 aromatic heterocycles. The Balaban J connectivity index is 1.35. The number of rotatable bonds is 10. The van der Waals surface area contributed by atoms with Crippen molar-refractivity contribution in [1.82, 2.24) is 29.9 Å². The van der Waals surface area contributed by atoms with Crippen molar-refractivity contribution in [2.24, 2.45) is 17.8 Å². The molecule has 2 amide bonds. The molecular weight excluding hydrogens is 458 g/mol. The van der Waals surface area contributed by atoms with Gasteiger partial charge in [-0.1, -0.05) is 0 Å². The number of amides is 2. The number of hydrogen-bond donors (Lipinski definition) is 3. The van der Waals surface area contributed by atoms with Crippen LogP contribution in [0.1, 0.15) is 74.6 Å². The van der Waals surface area contributed by atoms with Gasteiger partial charge >= 0.3 is 0 Å². The molecule has 2 fully saturated rings. The lowest BCUT2D eigenvalue weighted by molar-refractivity contribution is -0.119. The summed E-state index contributed by atoms with van der Waals surface area (Å²) < 4.78 is 3.32. The number of H-pyrrole nitrogens is 1. The fourth-order valence-corrected chi connectivity index (χ4v) is 5.09. The van der Waals surface area contributed by atoms with Gasteiger partial charge < -0.3 is 15.6 Å². The SMILES string of the molecule is CC(c1ccc[nH]c1=O)n1cc(NC(=O)C(NC(=O)c2ccnn2C(C)C)C(C2CC2)C2CC2)cn1. The fraction of sp³-hybridized carbons (Fsp3) is 0.500. The number of nitrogens with zero attached hydrogens (tertiary/aromatic N) is 4.